The maximum atomic E-state index is 9.08. The molecule has 92 valence electrons. The quantitative estimate of drug-likeness (QED) is 0.717. The molecule has 0 heterocycles. The Morgan fingerprint density at radius 3 is 2.44 bits per heavy atom. The van der Waals surface area contributed by atoms with E-state index in [9.17, 15) is 0 Å². The van der Waals surface area contributed by atoms with Crippen LogP contribution in [0.25, 0.3) is 0 Å². The van der Waals surface area contributed by atoms with E-state index in [1.165, 1.54) is 19.3 Å². The molecule has 0 aromatic heterocycles. The lowest BCUT2D eigenvalue weighted by atomic mass is 10.0. The largest absolute Gasteiger partial charge is 0.301 e. The maximum absolute atomic E-state index is 9.08. The first-order valence-corrected chi connectivity index (χ1v) is 6.38. The summed E-state index contributed by atoms with van der Waals surface area (Å²) in [7, 11) is 2.12. The molecule has 2 atom stereocenters. The number of nitriles is 1. The molecule has 1 aliphatic rings. The van der Waals surface area contributed by atoms with E-state index in [4.69, 9.17) is 5.26 Å². The topological polar surface area (TPSA) is 39.1 Å². The van der Waals surface area contributed by atoms with Gasteiger partial charge in [-0.15, -0.1) is 0 Å². The summed E-state index contributed by atoms with van der Waals surface area (Å²) < 4.78 is 0. The van der Waals surface area contributed by atoms with E-state index in [2.05, 4.69) is 44.1 Å². The van der Waals surface area contributed by atoms with Gasteiger partial charge < -0.3 is 4.90 Å². The van der Waals surface area contributed by atoms with Gasteiger partial charge in [-0.05, 0) is 39.2 Å². The summed E-state index contributed by atoms with van der Waals surface area (Å²) in [6.07, 6.45) is 3.67. The molecule has 0 spiro atoms. The van der Waals surface area contributed by atoms with Gasteiger partial charge in [-0.3, -0.25) is 5.32 Å². The zero-order chi connectivity index (χ0) is 12.1. The second-order valence-electron chi connectivity index (χ2n) is 5.54. The lowest BCUT2D eigenvalue weighted by molar-refractivity contribution is 0.216. The fraction of sp³-hybridized carbons (Fsp3) is 0.923. The Morgan fingerprint density at radius 1 is 1.38 bits per heavy atom. The molecule has 0 aromatic carbocycles. The third-order valence-electron chi connectivity index (χ3n) is 3.21. The second kappa shape index (κ2) is 6.22. The van der Waals surface area contributed by atoms with Crippen molar-refractivity contribution in [1.29, 1.82) is 5.26 Å². The first-order valence-electron chi connectivity index (χ1n) is 6.38. The molecule has 0 saturated heterocycles. The standard InChI is InChI=1S/C13H25N3/c1-10(2)7-11(3)16(4)9-13(8-14)15-12-5-6-12/h10-13,15H,5-7,9H2,1-4H3. The molecule has 1 fully saturated rings. The highest BCUT2D eigenvalue weighted by molar-refractivity contribution is 4.97. The molecule has 1 saturated carbocycles. The smallest absolute Gasteiger partial charge is 0.108 e. The van der Waals surface area contributed by atoms with Crippen LogP contribution < -0.4 is 5.32 Å². The summed E-state index contributed by atoms with van der Waals surface area (Å²) >= 11 is 0. The van der Waals surface area contributed by atoms with Crippen molar-refractivity contribution >= 4 is 0 Å². The van der Waals surface area contributed by atoms with Gasteiger partial charge in [0.15, 0.2) is 0 Å². The molecule has 1 aliphatic carbocycles. The maximum Gasteiger partial charge on any atom is 0.108 e. The van der Waals surface area contributed by atoms with Gasteiger partial charge in [-0.25, -0.2) is 0 Å². The number of rotatable bonds is 7. The van der Waals surface area contributed by atoms with Gasteiger partial charge in [-0.1, -0.05) is 13.8 Å². The third kappa shape index (κ3) is 4.96. The molecule has 3 nitrogen and oxygen atoms in total. The predicted octanol–water partition coefficient (Wildman–Crippen LogP) is 2.00. The molecule has 0 aliphatic heterocycles. The Labute approximate surface area is 99.8 Å². The van der Waals surface area contributed by atoms with E-state index in [0.717, 1.165) is 12.5 Å². The minimum Gasteiger partial charge on any atom is -0.301 e. The second-order valence-corrected chi connectivity index (χ2v) is 5.54. The van der Waals surface area contributed by atoms with Crippen LogP contribution in [0.3, 0.4) is 0 Å². The summed E-state index contributed by atoms with van der Waals surface area (Å²) in [5, 5.41) is 12.5. The summed E-state index contributed by atoms with van der Waals surface area (Å²) in [6.45, 7) is 7.57. The highest BCUT2D eigenvalue weighted by Gasteiger charge is 2.25. The Hall–Kier alpha value is -0.590. The average molecular weight is 223 g/mol. The van der Waals surface area contributed by atoms with Crippen LogP contribution in [0.5, 0.6) is 0 Å². The highest BCUT2D eigenvalue weighted by atomic mass is 15.2. The molecule has 2 unspecified atom stereocenters. The van der Waals surface area contributed by atoms with Crippen molar-refractivity contribution in [1.82, 2.24) is 10.2 Å². The third-order valence-corrected chi connectivity index (χ3v) is 3.21. The van der Waals surface area contributed by atoms with Gasteiger partial charge in [0.1, 0.15) is 6.04 Å². The summed E-state index contributed by atoms with van der Waals surface area (Å²) in [5.74, 6) is 0.717. The summed E-state index contributed by atoms with van der Waals surface area (Å²) in [4.78, 5) is 2.29. The van der Waals surface area contributed by atoms with Crippen LogP contribution in [0.15, 0.2) is 0 Å². The zero-order valence-electron chi connectivity index (χ0n) is 11.0. The molecule has 1 rings (SSSR count). The number of nitrogens with zero attached hydrogens (tertiary/aromatic N) is 2. The molecule has 0 aromatic rings. The van der Waals surface area contributed by atoms with Gasteiger partial charge in [0, 0.05) is 18.6 Å². The van der Waals surface area contributed by atoms with Crippen LogP contribution >= 0.6 is 0 Å². The highest BCUT2D eigenvalue weighted by Crippen LogP contribution is 2.19. The molecule has 16 heavy (non-hydrogen) atoms. The first-order chi connectivity index (χ1) is 7.52. The van der Waals surface area contributed by atoms with E-state index in [-0.39, 0.29) is 6.04 Å². The van der Waals surface area contributed by atoms with Gasteiger partial charge in [-0.2, -0.15) is 5.26 Å². The fourth-order valence-electron chi connectivity index (χ4n) is 2.00. The Bertz CT molecular complexity index is 240. The molecule has 0 amide bonds. The van der Waals surface area contributed by atoms with Crippen LogP contribution in [-0.2, 0) is 0 Å². The Morgan fingerprint density at radius 2 is 2.00 bits per heavy atom. The SMILES string of the molecule is CC(C)CC(C)N(C)CC(C#N)NC1CC1. The minimum atomic E-state index is -0.00730. The number of likely N-dealkylation sites (N-methyl/N-ethyl adjacent to an activating group) is 1. The zero-order valence-corrected chi connectivity index (χ0v) is 11.0. The minimum absolute atomic E-state index is 0.00730. The molecule has 3 heteroatoms. The van der Waals surface area contributed by atoms with Crippen molar-refractivity contribution in [3.63, 3.8) is 0 Å². The van der Waals surface area contributed by atoms with E-state index in [0.29, 0.717) is 12.1 Å². The molecular formula is C13H25N3. The Balaban J connectivity index is 2.29. The molecular weight excluding hydrogens is 198 g/mol. The van der Waals surface area contributed by atoms with Crippen LogP contribution in [-0.4, -0.2) is 36.6 Å². The van der Waals surface area contributed by atoms with E-state index < -0.39 is 0 Å². The normalized spacial score (nSPS) is 19.8. The first kappa shape index (κ1) is 13.5. The van der Waals surface area contributed by atoms with Gasteiger partial charge in [0.25, 0.3) is 0 Å². The van der Waals surface area contributed by atoms with Crippen LogP contribution in [0, 0.1) is 17.2 Å². The monoisotopic (exact) mass is 223 g/mol. The van der Waals surface area contributed by atoms with E-state index in [1.54, 1.807) is 0 Å². The lowest BCUT2D eigenvalue weighted by Gasteiger charge is -2.28. The van der Waals surface area contributed by atoms with Crippen molar-refractivity contribution in [2.24, 2.45) is 5.92 Å². The van der Waals surface area contributed by atoms with Crippen molar-refractivity contribution in [3.05, 3.63) is 0 Å². The van der Waals surface area contributed by atoms with Crippen LogP contribution in [0.1, 0.15) is 40.0 Å². The van der Waals surface area contributed by atoms with Gasteiger partial charge >= 0.3 is 0 Å². The molecule has 0 bridgehead atoms. The van der Waals surface area contributed by atoms with E-state index >= 15 is 0 Å². The van der Waals surface area contributed by atoms with Crippen molar-refractivity contribution in [2.45, 2.75) is 58.2 Å². The number of hydrogen-bond donors (Lipinski definition) is 1. The van der Waals surface area contributed by atoms with Gasteiger partial charge in [0.2, 0.25) is 0 Å². The average Bonchev–Trinajstić information content (AvgIpc) is 2.99. The summed E-state index contributed by atoms with van der Waals surface area (Å²) in [5.41, 5.74) is 0. The fourth-order valence-corrected chi connectivity index (χ4v) is 2.00. The lowest BCUT2D eigenvalue weighted by Crippen LogP contribution is -2.43. The predicted molar refractivity (Wildman–Crippen MR) is 67.1 cm³/mol. The molecule has 1 N–H and O–H groups in total. The van der Waals surface area contributed by atoms with Crippen LogP contribution in [0.4, 0.5) is 0 Å². The number of nitrogens with one attached hydrogen (secondary N) is 1. The number of hydrogen-bond acceptors (Lipinski definition) is 3. The van der Waals surface area contributed by atoms with Crippen LogP contribution in [0.2, 0.25) is 0 Å². The summed E-state index contributed by atoms with van der Waals surface area (Å²) in [6, 6.07) is 3.51. The van der Waals surface area contributed by atoms with E-state index in [1.807, 2.05) is 0 Å². The van der Waals surface area contributed by atoms with Crippen molar-refractivity contribution in [3.8, 4) is 6.07 Å². The van der Waals surface area contributed by atoms with Crippen molar-refractivity contribution in [2.75, 3.05) is 13.6 Å². The Kier molecular flexibility index (Phi) is 5.24. The van der Waals surface area contributed by atoms with Crippen molar-refractivity contribution < 1.29 is 0 Å². The van der Waals surface area contributed by atoms with Gasteiger partial charge in [0.05, 0.1) is 6.07 Å². The molecule has 0 radical (unpaired) electrons.